The Morgan fingerprint density at radius 2 is 1.53 bits per heavy atom. The van der Waals surface area contributed by atoms with Crippen LogP contribution in [0.5, 0.6) is 5.75 Å². The maximum atomic E-state index is 8.83. The smallest absolute Gasteiger partial charge is 0.512 e. The van der Waals surface area contributed by atoms with E-state index in [1.807, 2.05) is 12.1 Å². The SMILES string of the molecule is Cc1cc(-c2cccc(OB(O)O)c2)cc(C)c1C. The van der Waals surface area contributed by atoms with Crippen molar-refractivity contribution in [2.75, 3.05) is 0 Å². The van der Waals surface area contributed by atoms with Gasteiger partial charge in [-0.1, -0.05) is 24.3 Å². The Kier molecular flexibility index (Phi) is 3.93. The lowest BCUT2D eigenvalue weighted by molar-refractivity contribution is 0.288. The molecule has 3 nitrogen and oxygen atoms in total. The van der Waals surface area contributed by atoms with E-state index in [0.29, 0.717) is 5.75 Å². The lowest BCUT2D eigenvalue weighted by atomic mass is 9.96. The molecule has 0 amide bonds. The fraction of sp³-hybridized carbons (Fsp3) is 0.200. The summed E-state index contributed by atoms with van der Waals surface area (Å²) in [6.07, 6.45) is 0. The summed E-state index contributed by atoms with van der Waals surface area (Å²) < 4.78 is 4.87. The van der Waals surface area contributed by atoms with E-state index in [1.165, 1.54) is 16.7 Å². The van der Waals surface area contributed by atoms with Crippen molar-refractivity contribution in [1.29, 1.82) is 0 Å². The molecule has 2 rings (SSSR count). The van der Waals surface area contributed by atoms with Gasteiger partial charge in [0.25, 0.3) is 0 Å². The first kappa shape index (κ1) is 13.7. The zero-order valence-corrected chi connectivity index (χ0v) is 11.3. The van der Waals surface area contributed by atoms with Gasteiger partial charge in [-0.05, 0) is 60.7 Å². The van der Waals surface area contributed by atoms with Crippen LogP contribution in [-0.4, -0.2) is 17.4 Å². The molecule has 98 valence electrons. The Labute approximate surface area is 113 Å². The van der Waals surface area contributed by atoms with E-state index in [2.05, 4.69) is 32.9 Å². The summed E-state index contributed by atoms with van der Waals surface area (Å²) in [5, 5.41) is 17.7. The van der Waals surface area contributed by atoms with E-state index < -0.39 is 7.32 Å². The normalized spacial score (nSPS) is 10.4. The Hall–Kier alpha value is -1.78. The van der Waals surface area contributed by atoms with Gasteiger partial charge in [0.2, 0.25) is 0 Å². The first-order valence-electron chi connectivity index (χ1n) is 6.18. The van der Waals surface area contributed by atoms with Gasteiger partial charge >= 0.3 is 7.32 Å². The van der Waals surface area contributed by atoms with Crippen LogP contribution in [0.2, 0.25) is 0 Å². The van der Waals surface area contributed by atoms with Crippen LogP contribution in [0.15, 0.2) is 36.4 Å². The third kappa shape index (κ3) is 3.16. The largest absolute Gasteiger partial charge is 0.707 e. The van der Waals surface area contributed by atoms with E-state index in [4.69, 9.17) is 14.7 Å². The molecular weight excluding hydrogens is 239 g/mol. The van der Waals surface area contributed by atoms with Crippen molar-refractivity contribution < 1.29 is 14.7 Å². The maximum absolute atomic E-state index is 8.83. The van der Waals surface area contributed by atoms with Crippen LogP contribution in [0.25, 0.3) is 11.1 Å². The summed E-state index contributed by atoms with van der Waals surface area (Å²) >= 11 is 0. The van der Waals surface area contributed by atoms with Gasteiger partial charge in [0.05, 0.1) is 0 Å². The summed E-state index contributed by atoms with van der Waals surface area (Å²) in [4.78, 5) is 0. The highest BCUT2D eigenvalue weighted by atomic mass is 16.6. The summed E-state index contributed by atoms with van der Waals surface area (Å²) in [5.41, 5.74) is 5.86. The monoisotopic (exact) mass is 256 g/mol. The molecule has 0 radical (unpaired) electrons. The number of hydrogen-bond acceptors (Lipinski definition) is 3. The fourth-order valence-electron chi connectivity index (χ4n) is 2.07. The highest BCUT2D eigenvalue weighted by Gasteiger charge is 2.11. The van der Waals surface area contributed by atoms with E-state index >= 15 is 0 Å². The Morgan fingerprint density at radius 3 is 2.11 bits per heavy atom. The highest BCUT2D eigenvalue weighted by molar-refractivity contribution is 6.33. The molecule has 2 N–H and O–H groups in total. The van der Waals surface area contributed by atoms with Crippen molar-refractivity contribution in [1.82, 2.24) is 0 Å². The molecule has 0 spiro atoms. The van der Waals surface area contributed by atoms with Crippen LogP contribution >= 0.6 is 0 Å². The van der Waals surface area contributed by atoms with Gasteiger partial charge < -0.3 is 14.7 Å². The predicted molar refractivity (Wildman–Crippen MR) is 76.9 cm³/mol. The van der Waals surface area contributed by atoms with Crippen molar-refractivity contribution in [3.63, 3.8) is 0 Å². The van der Waals surface area contributed by atoms with Gasteiger partial charge in [0.15, 0.2) is 0 Å². The molecule has 0 aliphatic heterocycles. The van der Waals surface area contributed by atoms with E-state index in [0.717, 1.165) is 11.1 Å². The van der Waals surface area contributed by atoms with E-state index in [-0.39, 0.29) is 0 Å². The molecule has 0 aromatic heterocycles. The quantitative estimate of drug-likeness (QED) is 0.830. The molecule has 0 atom stereocenters. The molecular formula is C15H17BO3. The molecule has 0 aliphatic carbocycles. The van der Waals surface area contributed by atoms with Gasteiger partial charge in [-0.2, -0.15) is 0 Å². The highest BCUT2D eigenvalue weighted by Crippen LogP contribution is 2.27. The van der Waals surface area contributed by atoms with Crippen LogP contribution in [0, 0.1) is 20.8 Å². The van der Waals surface area contributed by atoms with Gasteiger partial charge in [0.1, 0.15) is 5.75 Å². The van der Waals surface area contributed by atoms with Crippen molar-refractivity contribution in [2.45, 2.75) is 20.8 Å². The molecule has 0 unspecified atom stereocenters. The van der Waals surface area contributed by atoms with Crippen LogP contribution in [0.1, 0.15) is 16.7 Å². The fourth-order valence-corrected chi connectivity index (χ4v) is 2.07. The maximum Gasteiger partial charge on any atom is 0.707 e. The predicted octanol–water partition coefficient (Wildman–Crippen LogP) is 2.63. The zero-order chi connectivity index (χ0) is 14.0. The second-order valence-electron chi connectivity index (χ2n) is 4.71. The Morgan fingerprint density at radius 1 is 0.895 bits per heavy atom. The third-order valence-corrected chi connectivity index (χ3v) is 3.34. The van der Waals surface area contributed by atoms with Gasteiger partial charge in [-0.15, -0.1) is 0 Å². The van der Waals surface area contributed by atoms with E-state index in [1.54, 1.807) is 12.1 Å². The van der Waals surface area contributed by atoms with Crippen LogP contribution in [0.3, 0.4) is 0 Å². The van der Waals surface area contributed by atoms with Crippen molar-refractivity contribution in [2.24, 2.45) is 0 Å². The lowest BCUT2D eigenvalue weighted by Crippen LogP contribution is -2.20. The minimum Gasteiger partial charge on any atom is -0.512 e. The van der Waals surface area contributed by atoms with Crippen LogP contribution < -0.4 is 4.65 Å². The second kappa shape index (κ2) is 5.47. The topological polar surface area (TPSA) is 49.7 Å². The molecule has 19 heavy (non-hydrogen) atoms. The number of aryl methyl sites for hydroxylation is 2. The van der Waals surface area contributed by atoms with Gasteiger partial charge in [-0.25, -0.2) is 0 Å². The van der Waals surface area contributed by atoms with Gasteiger partial charge in [0, 0.05) is 0 Å². The average molecular weight is 256 g/mol. The molecule has 4 heteroatoms. The number of hydrogen-bond donors (Lipinski definition) is 2. The van der Waals surface area contributed by atoms with Crippen molar-refractivity contribution in [3.05, 3.63) is 53.1 Å². The molecule has 0 aliphatic rings. The number of benzene rings is 2. The summed E-state index contributed by atoms with van der Waals surface area (Å²) in [5.74, 6) is 0.434. The summed E-state index contributed by atoms with van der Waals surface area (Å²) in [6.45, 7) is 6.28. The molecule has 2 aromatic carbocycles. The molecule has 0 saturated carbocycles. The minimum absolute atomic E-state index is 0.434. The minimum atomic E-state index is -1.79. The number of rotatable bonds is 3. The summed E-state index contributed by atoms with van der Waals surface area (Å²) in [6, 6.07) is 11.5. The lowest BCUT2D eigenvalue weighted by Gasteiger charge is -2.11. The molecule has 0 bridgehead atoms. The average Bonchev–Trinajstić information content (AvgIpc) is 2.35. The first-order valence-corrected chi connectivity index (χ1v) is 6.18. The standard InChI is InChI=1S/C15H17BO3/c1-10-7-14(8-11(2)12(10)3)13-5-4-6-15(9-13)19-16(17)18/h4-9,17-18H,1-3H3. The van der Waals surface area contributed by atoms with Crippen molar-refractivity contribution in [3.8, 4) is 16.9 Å². The molecule has 0 fully saturated rings. The Balaban J connectivity index is 2.41. The van der Waals surface area contributed by atoms with Crippen LogP contribution in [-0.2, 0) is 0 Å². The molecule has 2 aromatic rings. The van der Waals surface area contributed by atoms with E-state index in [9.17, 15) is 0 Å². The molecule has 0 heterocycles. The zero-order valence-electron chi connectivity index (χ0n) is 11.3. The third-order valence-electron chi connectivity index (χ3n) is 3.34. The second-order valence-corrected chi connectivity index (χ2v) is 4.71. The molecule has 0 saturated heterocycles. The van der Waals surface area contributed by atoms with Crippen LogP contribution in [0.4, 0.5) is 0 Å². The van der Waals surface area contributed by atoms with Gasteiger partial charge in [-0.3, -0.25) is 0 Å². The van der Waals surface area contributed by atoms with Crippen molar-refractivity contribution >= 4 is 7.32 Å². The summed E-state index contributed by atoms with van der Waals surface area (Å²) in [7, 11) is -1.79. The first-order chi connectivity index (χ1) is 8.97. The Bertz CT molecular complexity index is 571.